The summed E-state index contributed by atoms with van der Waals surface area (Å²) >= 11 is 0. The van der Waals surface area contributed by atoms with Crippen molar-refractivity contribution >= 4 is 0 Å². The van der Waals surface area contributed by atoms with E-state index in [2.05, 4.69) is 15.3 Å². The monoisotopic (exact) mass is 210 g/mol. The van der Waals surface area contributed by atoms with Crippen LogP contribution in [-0.2, 0) is 0 Å². The molecule has 0 bridgehead atoms. The largest absolute Gasteiger partial charge is 0.276 e. The van der Waals surface area contributed by atoms with E-state index in [0.29, 0.717) is 0 Å². The minimum Gasteiger partial charge on any atom is -0.276 e. The average molecular weight is 210 g/mol. The van der Waals surface area contributed by atoms with Crippen molar-refractivity contribution in [1.82, 2.24) is 20.0 Å². The van der Waals surface area contributed by atoms with Gasteiger partial charge in [0.15, 0.2) is 0 Å². The number of hydrogen-bond acceptors (Lipinski definition) is 2. The second kappa shape index (κ2) is 3.66. The van der Waals surface area contributed by atoms with Gasteiger partial charge in [-0.1, -0.05) is 18.2 Å². The van der Waals surface area contributed by atoms with Crippen LogP contribution in [-0.4, -0.2) is 20.0 Å². The molecular weight excluding hydrogens is 200 g/mol. The number of H-pyrrole nitrogens is 1. The molecule has 0 fully saturated rings. The van der Waals surface area contributed by atoms with Gasteiger partial charge in [-0.15, -0.1) is 0 Å². The predicted molar refractivity (Wildman–Crippen MR) is 61.1 cm³/mol. The van der Waals surface area contributed by atoms with Crippen molar-refractivity contribution in [1.29, 1.82) is 0 Å². The molecule has 0 atom stereocenters. The Morgan fingerprint density at radius 3 is 2.56 bits per heavy atom. The van der Waals surface area contributed by atoms with Crippen molar-refractivity contribution in [2.45, 2.75) is 0 Å². The third-order valence-corrected chi connectivity index (χ3v) is 2.42. The minimum atomic E-state index is 0.960. The quantitative estimate of drug-likeness (QED) is 0.705. The molecule has 78 valence electrons. The molecule has 3 rings (SSSR count). The fourth-order valence-electron chi connectivity index (χ4n) is 1.68. The number of aromatic amines is 1. The van der Waals surface area contributed by atoms with Crippen LogP contribution < -0.4 is 0 Å². The number of nitrogens with zero attached hydrogens (tertiary/aromatic N) is 3. The molecule has 3 aromatic rings. The summed E-state index contributed by atoms with van der Waals surface area (Å²) in [5.41, 5.74) is 3.00. The Labute approximate surface area is 92.6 Å². The number of benzene rings is 1. The molecule has 0 spiro atoms. The van der Waals surface area contributed by atoms with Crippen LogP contribution in [0.5, 0.6) is 0 Å². The second-order valence-corrected chi connectivity index (χ2v) is 3.43. The number of nitrogens with one attached hydrogen (secondary N) is 1. The van der Waals surface area contributed by atoms with E-state index in [1.165, 1.54) is 0 Å². The van der Waals surface area contributed by atoms with Crippen molar-refractivity contribution in [2.75, 3.05) is 0 Å². The molecular formula is C12H10N4. The Morgan fingerprint density at radius 2 is 1.81 bits per heavy atom. The number of aromatic nitrogens is 4. The number of para-hydroxylation sites is 1. The molecule has 0 saturated heterocycles. The number of hydrogen-bond donors (Lipinski definition) is 1. The normalized spacial score (nSPS) is 10.5. The van der Waals surface area contributed by atoms with E-state index < -0.39 is 0 Å². The van der Waals surface area contributed by atoms with Crippen molar-refractivity contribution in [3.63, 3.8) is 0 Å². The highest BCUT2D eigenvalue weighted by Gasteiger charge is 2.07. The Morgan fingerprint density at radius 1 is 0.938 bits per heavy atom. The summed E-state index contributed by atoms with van der Waals surface area (Å²) in [6, 6.07) is 13.9. The highest BCUT2D eigenvalue weighted by molar-refractivity contribution is 5.56. The van der Waals surface area contributed by atoms with Crippen LogP contribution in [0.15, 0.2) is 54.9 Å². The lowest BCUT2D eigenvalue weighted by Crippen LogP contribution is -1.98. The Balaban J connectivity index is 2.14. The Bertz CT molecular complexity index is 566. The first-order valence-corrected chi connectivity index (χ1v) is 5.04. The average Bonchev–Trinajstić information content (AvgIpc) is 3.01. The van der Waals surface area contributed by atoms with Gasteiger partial charge in [0.25, 0.3) is 0 Å². The second-order valence-electron chi connectivity index (χ2n) is 3.43. The summed E-state index contributed by atoms with van der Waals surface area (Å²) in [7, 11) is 0. The first-order valence-electron chi connectivity index (χ1n) is 5.04. The first-order chi connectivity index (χ1) is 7.95. The van der Waals surface area contributed by atoms with Gasteiger partial charge in [0.05, 0.1) is 23.3 Å². The van der Waals surface area contributed by atoms with Crippen LogP contribution in [0.4, 0.5) is 0 Å². The molecule has 2 aromatic heterocycles. The summed E-state index contributed by atoms with van der Waals surface area (Å²) in [6.45, 7) is 0. The van der Waals surface area contributed by atoms with E-state index in [1.54, 1.807) is 12.4 Å². The molecule has 1 N–H and O–H groups in total. The van der Waals surface area contributed by atoms with E-state index in [-0.39, 0.29) is 0 Å². The van der Waals surface area contributed by atoms with Gasteiger partial charge in [0.2, 0.25) is 0 Å². The molecule has 16 heavy (non-hydrogen) atoms. The van der Waals surface area contributed by atoms with Crippen molar-refractivity contribution in [3.8, 4) is 17.1 Å². The molecule has 4 nitrogen and oxygen atoms in total. The Hall–Kier alpha value is -2.36. The van der Waals surface area contributed by atoms with E-state index >= 15 is 0 Å². The Kier molecular flexibility index (Phi) is 2.04. The zero-order valence-corrected chi connectivity index (χ0v) is 8.54. The van der Waals surface area contributed by atoms with E-state index in [9.17, 15) is 0 Å². The van der Waals surface area contributed by atoms with Crippen LogP contribution in [0.1, 0.15) is 0 Å². The van der Waals surface area contributed by atoms with Crippen molar-refractivity contribution < 1.29 is 0 Å². The van der Waals surface area contributed by atoms with Gasteiger partial charge in [0, 0.05) is 6.20 Å². The van der Waals surface area contributed by atoms with Crippen molar-refractivity contribution in [3.05, 3.63) is 54.9 Å². The minimum absolute atomic E-state index is 0.960. The van der Waals surface area contributed by atoms with E-state index in [1.807, 2.05) is 47.1 Å². The van der Waals surface area contributed by atoms with Gasteiger partial charge in [-0.3, -0.25) is 5.10 Å². The molecule has 0 radical (unpaired) electrons. The lowest BCUT2D eigenvalue weighted by Gasteiger charge is -2.05. The molecule has 0 amide bonds. The van der Waals surface area contributed by atoms with Crippen LogP contribution >= 0.6 is 0 Å². The van der Waals surface area contributed by atoms with Crippen LogP contribution in [0, 0.1) is 0 Å². The summed E-state index contributed by atoms with van der Waals surface area (Å²) in [4.78, 5) is 0. The standard InChI is InChI=1S/C12H10N4/c1-2-4-10(5-3-1)16-12(7-9-14-16)11-6-8-13-15-11/h1-9H,(H,13,15). The van der Waals surface area contributed by atoms with Gasteiger partial charge >= 0.3 is 0 Å². The molecule has 4 heteroatoms. The molecule has 0 aliphatic carbocycles. The first kappa shape index (κ1) is 8.91. The fraction of sp³-hybridized carbons (Fsp3) is 0. The lowest BCUT2D eigenvalue weighted by atomic mass is 10.3. The highest BCUT2D eigenvalue weighted by Crippen LogP contribution is 2.19. The third kappa shape index (κ3) is 1.40. The molecule has 0 unspecified atom stereocenters. The molecule has 2 heterocycles. The summed E-state index contributed by atoms with van der Waals surface area (Å²) in [5.74, 6) is 0. The zero-order chi connectivity index (χ0) is 10.8. The molecule has 0 aliphatic rings. The molecule has 0 aliphatic heterocycles. The summed E-state index contributed by atoms with van der Waals surface area (Å²) in [6.07, 6.45) is 3.51. The van der Waals surface area contributed by atoms with Gasteiger partial charge in [-0.25, -0.2) is 4.68 Å². The van der Waals surface area contributed by atoms with Gasteiger partial charge in [-0.2, -0.15) is 10.2 Å². The molecule has 0 saturated carbocycles. The SMILES string of the molecule is c1ccc(-n2nccc2-c2ccn[nH]2)cc1. The fourth-order valence-corrected chi connectivity index (χ4v) is 1.68. The summed E-state index contributed by atoms with van der Waals surface area (Å²) < 4.78 is 1.88. The van der Waals surface area contributed by atoms with Gasteiger partial charge in [0.1, 0.15) is 0 Å². The van der Waals surface area contributed by atoms with Crippen LogP contribution in [0.25, 0.3) is 17.1 Å². The maximum Gasteiger partial charge on any atom is 0.0919 e. The van der Waals surface area contributed by atoms with E-state index in [0.717, 1.165) is 17.1 Å². The summed E-state index contributed by atoms with van der Waals surface area (Å²) in [5, 5.41) is 11.2. The smallest absolute Gasteiger partial charge is 0.0919 e. The van der Waals surface area contributed by atoms with E-state index in [4.69, 9.17) is 0 Å². The van der Waals surface area contributed by atoms with Crippen LogP contribution in [0.2, 0.25) is 0 Å². The van der Waals surface area contributed by atoms with Crippen molar-refractivity contribution in [2.24, 2.45) is 0 Å². The third-order valence-electron chi connectivity index (χ3n) is 2.42. The molecule has 1 aromatic carbocycles. The zero-order valence-electron chi connectivity index (χ0n) is 8.54. The van der Waals surface area contributed by atoms with Gasteiger partial charge < -0.3 is 0 Å². The highest BCUT2D eigenvalue weighted by atomic mass is 15.3. The topological polar surface area (TPSA) is 46.5 Å². The maximum absolute atomic E-state index is 4.31. The van der Waals surface area contributed by atoms with Crippen LogP contribution in [0.3, 0.4) is 0 Å². The lowest BCUT2D eigenvalue weighted by molar-refractivity contribution is 0.882. The van der Waals surface area contributed by atoms with Gasteiger partial charge in [-0.05, 0) is 24.3 Å². The number of rotatable bonds is 2. The maximum atomic E-state index is 4.31. The predicted octanol–water partition coefficient (Wildman–Crippen LogP) is 2.26.